The van der Waals surface area contributed by atoms with Gasteiger partial charge in [0.15, 0.2) is 0 Å². The zero-order valence-electron chi connectivity index (χ0n) is 9.95. The predicted molar refractivity (Wildman–Crippen MR) is 81.9 cm³/mol. The average Bonchev–Trinajstić information content (AvgIpc) is 2.39. The number of nitrogens with two attached hydrogens (primary N) is 1. The Balaban J connectivity index is 2.27. The molecule has 0 fully saturated rings. The van der Waals surface area contributed by atoms with E-state index in [9.17, 15) is 9.90 Å². The van der Waals surface area contributed by atoms with Crippen molar-refractivity contribution in [2.24, 2.45) is 0 Å². The Bertz CT molecular complexity index is 690. The van der Waals surface area contributed by atoms with Crippen LogP contribution in [-0.4, -0.2) is 11.0 Å². The number of hydrogen-bond donors (Lipinski definition) is 3. The quantitative estimate of drug-likeness (QED) is 0.439. The van der Waals surface area contributed by atoms with Gasteiger partial charge in [0.2, 0.25) is 0 Å². The van der Waals surface area contributed by atoms with Crippen LogP contribution in [0.15, 0.2) is 30.3 Å². The Morgan fingerprint density at radius 3 is 2.35 bits per heavy atom. The molecule has 0 aliphatic heterocycles. The molecule has 2 aromatic rings. The van der Waals surface area contributed by atoms with Crippen molar-refractivity contribution in [2.75, 3.05) is 11.1 Å². The molecular weight excluding hydrogens is 323 g/mol. The zero-order valence-corrected chi connectivity index (χ0v) is 12.2. The maximum Gasteiger partial charge on any atom is 0.255 e. The fourth-order valence-electron chi connectivity index (χ4n) is 1.50. The number of nitrogen functional groups attached to an aromatic ring is 1. The summed E-state index contributed by atoms with van der Waals surface area (Å²) >= 11 is 17.6. The number of carbonyl (C=O) groups excluding carboxylic acids is 1. The third-order valence-corrected chi connectivity index (χ3v) is 3.59. The van der Waals surface area contributed by atoms with Crippen LogP contribution in [0.1, 0.15) is 10.4 Å². The molecule has 2 rings (SSSR count). The number of rotatable bonds is 2. The lowest BCUT2D eigenvalue weighted by Crippen LogP contribution is -2.12. The van der Waals surface area contributed by atoms with E-state index in [0.29, 0.717) is 10.7 Å². The van der Waals surface area contributed by atoms with Crippen LogP contribution in [-0.2, 0) is 0 Å². The summed E-state index contributed by atoms with van der Waals surface area (Å²) in [4.78, 5) is 12.0. The van der Waals surface area contributed by atoms with Gasteiger partial charge in [-0.3, -0.25) is 4.79 Å². The van der Waals surface area contributed by atoms with Crippen LogP contribution in [0.2, 0.25) is 15.1 Å². The maximum absolute atomic E-state index is 12.0. The van der Waals surface area contributed by atoms with Crippen LogP contribution in [0.4, 0.5) is 11.4 Å². The summed E-state index contributed by atoms with van der Waals surface area (Å²) in [6.07, 6.45) is 0. The summed E-state index contributed by atoms with van der Waals surface area (Å²) in [6.45, 7) is 0. The molecule has 4 nitrogen and oxygen atoms in total. The van der Waals surface area contributed by atoms with Gasteiger partial charge in [-0.2, -0.15) is 0 Å². The lowest BCUT2D eigenvalue weighted by Gasteiger charge is -2.09. The molecule has 0 saturated heterocycles. The highest BCUT2D eigenvalue weighted by Gasteiger charge is 2.12. The second kappa shape index (κ2) is 5.79. The number of benzene rings is 2. The topological polar surface area (TPSA) is 75.4 Å². The predicted octanol–water partition coefficient (Wildman–Crippen LogP) is 4.19. The van der Waals surface area contributed by atoms with Crippen molar-refractivity contribution in [1.82, 2.24) is 0 Å². The van der Waals surface area contributed by atoms with Crippen LogP contribution in [0.25, 0.3) is 0 Å². The smallest absolute Gasteiger partial charge is 0.255 e. The van der Waals surface area contributed by atoms with Crippen LogP contribution in [0.5, 0.6) is 5.75 Å². The first-order valence-corrected chi connectivity index (χ1v) is 6.56. The standard InChI is InChI=1S/C13H9Cl3N2O2/c14-7-4-9(16)11(5-8(7)15)18-13(20)6-1-2-10(17)12(19)3-6/h1-5,19H,17H2,(H,18,20). The molecule has 7 heteroatoms. The molecule has 0 unspecified atom stereocenters. The highest BCUT2D eigenvalue weighted by atomic mass is 35.5. The Labute approximate surface area is 130 Å². The molecule has 0 heterocycles. The number of carbonyl (C=O) groups is 1. The van der Waals surface area contributed by atoms with Gasteiger partial charge in [-0.25, -0.2) is 0 Å². The Hall–Kier alpha value is -1.62. The molecule has 0 radical (unpaired) electrons. The van der Waals surface area contributed by atoms with Crippen molar-refractivity contribution in [1.29, 1.82) is 0 Å². The van der Waals surface area contributed by atoms with Crippen molar-refractivity contribution >= 4 is 52.1 Å². The first kappa shape index (κ1) is 14.8. The number of nitrogens with one attached hydrogen (secondary N) is 1. The molecule has 0 spiro atoms. The van der Waals surface area contributed by atoms with Crippen molar-refractivity contribution in [3.05, 3.63) is 51.0 Å². The number of phenolic OH excluding ortho intramolecular Hbond substituents is 1. The fourth-order valence-corrected chi connectivity index (χ4v) is 2.09. The Morgan fingerprint density at radius 1 is 1.05 bits per heavy atom. The van der Waals surface area contributed by atoms with Gasteiger partial charge in [-0.05, 0) is 30.3 Å². The van der Waals surface area contributed by atoms with Gasteiger partial charge < -0.3 is 16.2 Å². The van der Waals surface area contributed by atoms with Crippen molar-refractivity contribution in [3.8, 4) is 5.75 Å². The minimum absolute atomic E-state index is 0.169. The SMILES string of the molecule is Nc1ccc(C(=O)Nc2cc(Cl)c(Cl)cc2Cl)cc1O. The molecule has 0 aliphatic carbocycles. The lowest BCUT2D eigenvalue weighted by molar-refractivity contribution is 0.102. The number of amides is 1. The number of hydrogen-bond acceptors (Lipinski definition) is 3. The van der Waals surface area contributed by atoms with Gasteiger partial charge in [0.25, 0.3) is 5.91 Å². The van der Waals surface area contributed by atoms with E-state index in [-0.39, 0.29) is 27.0 Å². The molecule has 104 valence electrons. The molecule has 0 aromatic heterocycles. The largest absolute Gasteiger partial charge is 0.506 e. The minimum atomic E-state index is -0.458. The summed E-state index contributed by atoms with van der Waals surface area (Å²) in [6, 6.07) is 7.05. The van der Waals surface area contributed by atoms with Gasteiger partial charge in [0.1, 0.15) is 5.75 Å². The van der Waals surface area contributed by atoms with Crippen LogP contribution < -0.4 is 11.1 Å². The average molecular weight is 332 g/mol. The van der Waals surface area contributed by atoms with Gasteiger partial charge in [-0.1, -0.05) is 34.8 Å². The highest BCUT2D eigenvalue weighted by Crippen LogP contribution is 2.32. The Kier molecular flexibility index (Phi) is 4.28. The van der Waals surface area contributed by atoms with E-state index in [2.05, 4.69) is 5.32 Å². The second-order valence-corrected chi connectivity index (χ2v) is 5.20. The molecule has 0 bridgehead atoms. The van der Waals surface area contributed by atoms with E-state index >= 15 is 0 Å². The third kappa shape index (κ3) is 3.10. The van der Waals surface area contributed by atoms with E-state index < -0.39 is 5.91 Å². The molecular formula is C13H9Cl3N2O2. The molecule has 2 aromatic carbocycles. The number of phenols is 1. The first-order chi connectivity index (χ1) is 9.38. The summed E-state index contributed by atoms with van der Waals surface area (Å²) in [5.74, 6) is -0.626. The van der Waals surface area contributed by atoms with Gasteiger partial charge >= 0.3 is 0 Å². The van der Waals surface area contributed by atoms with Gasteiger partial charge in [0.05, 0.1) is 26.4 Å². The Morgan fingerprint density at radius 2 is 1.70 bits per heavy atom. The number of halogens is 3. The van der Waals surface area contributed by atoms with Crippen LogP contribution in [0.3, 0.4) is 0 Å². The van der Waals surface area contributed by atoms with E-state index in [1.165, 1.54) is 30.3 Å². The first-order valence-electron chi connectivity index (χ1n) is 5.43. The number of aromatic hydroxyl groups is 1. The summed E-state index contributed by atoms with van der Waals surface area (Å²) < 4.78 is 0. The molecule has 0 aliphatic rings. The minimum Gasteiger partial charge on any atom is -0.506 e. The van der Waals surface area contributed by atoms with Crippen molar-refractivity contribution in [2.45, 2.75) is 0 Å². The van der Waals surface area contributed by atoms with Crippen molar-refractivity contribution < 1.29 is 9.90 Å². The highest BCUT2D eigenvalue weighted by molar-refractivity contribution is 6.44. The van der Waals surface area contributed by atoms with Crippen molar-refractivity contribution in [3.63, 3.8) is 0 Å². The normalized spacial score (nSPS) is 10.3. The monoisotopic (exact) mass is 330 g/mol. The van der Waals surface area contributed by atoms with Crippen LogP contribution in [0, 0.1) is 0 Å². The lowest BCUT2D eigenvalue weighted by atomic mass is 10.1. The molecule has 1 amide bonds. The molecule has 0 saturated carbocycles. The molecule has 0 atom stereocenters. The maximum atomic E-state index is 12.0. The van der Waals surface area contributed by atoms with Gasteiger partial charge in [0, 0.05) is 5.56 Å². The summed E-state index contributed by atoms with van der Waals surface area (Å²) in [5, 5.41) is 12.9. The van der Waals surface area contributed by atoms with E-state index in [4.69, 9.17) is 40.5 Å². The summed E-state index contributed by atoms with van der Waals surface area (Å²) in [7, 11) is 0. The van der Waals surface area contributed by atoms with E-state index in [0.717, 1.165) is 0 Å². The fraction of sp³-hybridized carbons (Fsp3) is 0. The molecule has 4 N–H and O–H groups in total. The zero-order chi connectivity index (χ0) is 14.9. The van der Waals surface area contributed by atoms with E-state index in [1.807, 2.05) is 0 Å². The van der Waals surface area contributed by atoms with Crippen LogP contribution >= 0.6 is 34.8 Å². The van der Waals surface area contributed by atoms with Gasteiger partial charge in [-0.15, -0.1) is 0 Å². The number of anilines is 2. The van der Waals surface area contributed by atoms with E-state index in [1.54, 1.807) is 0 Å². The third-order valence-electron chi connectivity index (χ3n) is 2.55. The summed E-state index contributed by atoms with van der Waals surface area (Å²) in [5.41, 5.74) is 6.21. The molecule has 20 heavy (non-hydrogen) atoms. The second-order valence-electron chi connectivity index (χ2n) is 3.97.